The highest BCUT2D eigenvalue weighted by molar-refractivity contribution is 6.31. The SMILES string of the molecule is COc1cc(C(=O)COC(=O)Cc2c(F)cccc2Cl)cc(OC)c1OC. The van der Waals surface area contributed by atoms with Crippen molar-refractivity contribution in [2.24, 2.45) is 0 Å². The van der Waals surface area contributed by atoms with Gasteiger partial charge in [0.15, 0.2) is 18.1 Å². The molecule has 0 saturated carbocycles. The normalized spacial score (nSPS) is 10.3. The Kier molecular flexibility index (Phi) is 7.01. The molecule has 0 amide bonds. The summed E-state index contributed by atoms with van der Waals surface area (Å²) in [6.45, 7) is -0.524. The highest BCUT2D eigenvalue weighted by atomic mass is 35.5. The summed E-state index contributed by atoms with van der Waals surface area (Å²) in [7, 11) is 4.28. The Hall–Kier alpha value is -2.80. The van der Waals surface area contributed by atoms with Gasteiger partial charge in [-0.05, 0) is 24.3 Å². The van der Waals surface area contributed by atoms with Gasteiger partial charge in [0.05, 0.1) is 27.8 Å². The first-order valence-corrected chi connectivity index (χ1v) is 8.20. The third kappa shape index (κ3) is 4.89. The van der Waals surface area contributed by atoms with E-state index in [1.807, 2.05) is 0 Å². The van der Waals surface area contributed by atoms with Crippen molar-refractivity contribution in [3.05, 3.63) is 52.3 Å². The molecule has 0 saturated heterocycles. The Bertz CT molecular complexity index is 807. The Morgan fingerprint density at radius 3 is 2.19 bits per heavy atom. The molecule has 0 aromatic heterocycles. The van der Waals surface area contributed by atoms with E-state index in [-0.39, 0.29) is 22.6 Å². The van der Waals surface area contributed by atoms with E-state index < -0.39 is 24.2 Å². The number of ketones is 1. The van der Waals surface area contributed by atoms with Crippen LogP contribution in [-0.2, 0) is 16.0 Å². The largest absolute Gasteiger partial charge is 0.493 e. The first-order chi connectivity index (χ1) is 12.9. The molecule has 0 atom stereocenters. The number of carbonyl (C=O) groups is 2. The number of esters is 1. The molecule has 6 nitrogen and oxygen atoms in total. The summed E-state index contributed by atoms with van der Waals surface area (Å²) in [5.74, 6) is -0.947. The number of benzene rings is 2. The van der Waals surface area contributed by atoms with E-state index in [1.54, 1.807) is 0 Å². The zero-order valence-electron chi connectivity index (χ0n) is 15.0. The molecule has 0 heterocycles. The topological polar surface area (TPSA) is 71.1 Å². The molecule has 0 radical (unpaired) electrons. The van der Waals surface area contributed by atoms with Crippen LogP contribution in [0.5, 0.6) is 17.2 Å². The Balaban J connectivity index is 2.08. The fourth-order valence-corrected chi connectivity index (χ4v) is 2.60. The third-order valence-corrected chi connectivity index (χ3v) is 4.09. The molecule has 0 bridgehead atoms. The lowest BCUT2D eigenvalue weighted by Gasteiger charge is -2.13. The zero-order chi connectivity index (χ0) is 20.0. The van der Waals surface area contributed by atoms with Gasteiger partial charge in [-0.3, -0.25) is 9.59 Å². The van der Waals surface area contributed by atoms with Gasteiger partial charge in [0.1, 0.15) is 5.82 Å². The lowest BCUT2D eigenvalue weighted by atomic mass is 10.1. The van der Waals surface area contributed by atoms with Gasteiger partial charge in [-0.2, -0.15) is 0 Å². The predicted molar refractivity (Wildman–Crippen MR) is 96.5 cm³/mol. The lowest BCUT2D eigenvalue weighted by molar-refractivity contribution is -0.141. The van der Waals surface area contributed by atoms with Crippen molar-refractivity contribution in [3.8, 4) is 17.2 Å². The Morgan fingerprint density at radius 1 is 1.04 bits per heavy atom. The zero-order valence-corrected chi connectivity index (χ0v) is 15.8. The lowest BCUT2D eigenvalue weighted by Crippen LogP contribution is -2.16. The Labute approximate surface area is 160 Å². The summed E-state index contributed by atoms with van der Waals surface area (Å²) >= 11 is 5.87. The molecule has 0 aliphatic heterocycles. The number of ether oxygens (including phenoxy) is 4. The molecule has 0 aliphatic carbocycles. The van der Waals surface area contributed by atoms with Crippen molar-refractivity contribution in [3.63, 3.8) is 0 Å². The molecule has 2 aromatic rings. The average Bonchev–Trinajstić information content (AvgIpc) is 2.67. The molecule has 0 fully saturated rings. The maximum absolute atomic E-state index is 13.7. The second kappa shape index (κ2) is 9.23. The van der Waals surface area contributed by atoms with E-state index in [0.717, 1.165) is 0 Å². The van der Waals surface area contributed by atoms with Crippen molar-refractivity contribution in [2.45, 2.75) is 6.42 Å². The van der Waals surface area contributed by atoms with Gasteiger partial charge in [-0.1, -0.05) is 17.7 Å². The highest BCUT2D eigenvalue weighted by Crippen LogP contribution is 2.38. The van der Waals surface area contributed by atoms with Crippen molar-refractivity contribution in [1.82, 2.24) is 0 Å². The molecule has 0 spiro atoms. The highest BCUT2D eigenvalue weighted by Gasteiger charge is 2.19. The number of hydrogen-bond donors (Lipinski definition) is 0. The molecule has 8 heteroatoms. The second-order valence-electron chi connectivity index (χ2n) is 5.37. The van der Waals surface area contributed by atoms with Crippen LogP contribution in [0.15, 0.2) is 30.3 Å². The van der Waals surface area contributed by atoms with E-state index in [2.05, 4.69) is 0 Å². The summed E-state index contributed by atoms with van der Waals surface area (Å²) in [6, 6.07) is 6.99. The number of hydrogen-bond acceptors (Lipinski definition) is 6. The van der Waals surface area contributed by atoms with Gasteiger partial charge >= 0.3 is 5.97 Å². The van der Waals surface area contributed by atoms with Crippen LogP contribution in [0.2, 0.25) is 5.02 Å². The minimum Gasteiger partial charge on any atom is -0.493 e. The van der Waals surface area contributed by atoms with Gasteiger partial charge in [-0.15, -0.1) is 0 Å². The number of rotatable bonds is 8. The van der Waals surface area contributed by atoms with Crippen molar-refractivity contribution < 1.29 is 32.9 Å². The molecule has 2 rings (SSSR count). The second-order valence-corrected chi connectivity index (χ2v) is 5.78. The first kappa shape index (κ1) is 20.5. The number of halogens is 2. The summed E-state index contributed by atoms with van der Waals surface area (Å²) in [6.07, 6.45) is -0.381. The van der Waals surface area contributed by atoms with Crippen molar-refractivity contribution in [1.29, 1.82) is 0 Å². The number of carbonyl (C=O) groups excluding carboxylic acids is 2. The maximum atomic E-state index is 13.7. The molecular weight excluding hydrogens is 379 g/mol. The predicted octanol–water partition coefficient (Wildman–Crippen LogP) is 3.47. The summed E-state index contributed by atoms with van der Waals surface area (Å²) in [5.41, 5.74) is 0.227. The van der Waals surface area contributed by atoms with Crippen LogP contribution in [-0.4, -0.2) is 39.7 Å². The van der Waals surface area contributed by atoms with E-state index >= 15 is 0 Å². The molecule has 2 aromatic carbocycles. The van der Waals surface area contributed by atoms with Gasteiger partial charge < -0.3 is 18.9 Å². The van der Waals surface area contributed by atoms with Gasteiger partial charge in [0.25, 0.3) is 0 Å². The van der Waals surface area contributed by atoms with Crippen LogP contribution >= 0.6 is 11.6 Å². The average molecular weight is 397 g/mol. The van der Waals surface area contributed by atoms with Crippen LogP contribution in [0.1, 0.15) is 15.9 Å². The van der Waals surface area contributed by atoms with Crippen molar-refractivity contribution >= 4 is 23.4 Å². The minimum absolute atomic E-state index is 0.0180. The van der Waals surface area contributed by atoms with Crippen molar-refractivity contribution in [2.75, 3.05) is 27.9 Å². The fraction of sp³-hybridized carbons (Fsp3) is 0.263. The molecule has 0 unspecified atom stereocenters. The van der Waals surface area contributed by atoms with Crippen LogP contribution in [0.3, 0.4) is 0 Å². The summed E-state index contributed by atoms with van der Waals surface area (Å²) < 4.78 is 34.2. The summed E-state index contributed by atoms with van der Waals surface area (Å²) in [5, 5.41) is 0.114. The van der Waals surface area contributed by atoms with E-state index in [9.17, 15) is 14.0 Å². The smallest absolute Gasteiger partial charge is 0.310 e. The molecule has 0 aliphatic rings. The van der Waals surface area contributed by atoms with Gasteiger partial charge in [-0.25, -0.2) is 4.39 Å². The fourth-order valence-electron chi connectivity index (χ4n) is 2.37. The van der Waals surface area contributed by atoms with Crippen LogP contribution in [0, 0.1) is 5.82 Å². The van der Waals surface area contributed by atoms with Crippen LogP contribution in [0.25, 0.3) is 0 Å². The molecule has 144 valence electrons. The van der Waals surface area contributed by atoms with Crippen LogP contribution in [0.4, 0.5) is 4.39 Å². The van der Waals surface area contributed by atoms with Gasteiger partial charge in [0.2, 0.25) is 11.5 Å². The Morgan fingerprint density at radius 2 is 1.67 bits per heavy atom. The van der Waals surface area contributed by atoms with E-state index in [4.69, 9.17) is 30.5 Å². The molecule has 0 N–H and O–H groups in total. The monoisotopic (exact) mass is 396 g/mol. The molecule has 27 heavy (non-hydrogen) atoms. The number of Topliss-reactive ketones (excluding diaryl/α,β-unsaturated/α-hetero) is 1. The standard InChI is InChI=1S/C19H18ClFO6/c1-24-16-7-11(8-17(25-2)19(16)26-3)15(22)10-27-18(23)9-12-13(20)5-4-6-14(12)21/h4-8H,9-10H2,1-3H3. The summed E-state index contributed by atoms with van der Waals surface area (Å²) in [4.78, 5) is 24.3. The van der Waals surface area contributed by atoms with Gasteiger partial charge in [0, 0.05) is 16.1 Å². The van der Waals surface area contributed by atoms with E-state index in [1.165, 1.54) is 51.7 Å². The maximum Gasteiger partial charge on any atom is 0.310 e. The van der Waals surface area contributed by atoms with E-state index in [0.29, 0.717) is 17.2 Å². The quantitative estimate of drug-likeness (QED) is 0.502. The first-order valence-electron chi connectivity index (χ1n) is 7.83. The molecular formula is C19H18ClFO6. The minimum atomic E-state index is -0.775. The third-order valence-electron chi connectivity index (χ3n) is 3.73. The van der Waals surface area contributed by atoms with Crippen LogP contribution < -0.4 is 14.2 Å². The number of methoxy groups -OCH3 is 3.